The molecule has 2 aliphatic rings. The highest BCUT2D eigenvalue weighted by atomic mass is 16.4. The largest absolute Gasteiger partial charge is 0.480 e. The molecule has 101 valence electrons. The Balaban J connectivity index is 2.10. The molecule has 0 spiro atoms. The Labute approximate surface area is 108 Å². The second kappa shape index (κ2) is 5.19. The van der Waals surface area contributed by atoms with Gasteiger partial charge in [-0.15, -0.1) is 0 Å². The van der Waals surface area contributed by atoms with E-state index in [1.165, 1.54) is 0 Å². The van der Waals surface area contributed by atoms with E-state index in [9.17, 15) is 15.0 Å². The van der Waals surface area contributed by atoms with Crippen molar-refractivity contribution in [1.82, 2.24) is 0 Å². The molecule has 0 aromatic carbocycles. The number of fused-ring (bicyclic) bond motifs is 1. The maximum absolute atomic E-state index is 11.4. The molecule has 5 nitrogen and oxygen atoms in total. The van der Waals surface area contributed by atoms with Crippen LogP contribution >= 0.6 is 0 Å². The molecule has 2 rings (SSSR count). The van der Waals surface area contributed by atoms with Gasteiger partial charge in [-0.1, -0.05) is 12.7 Å². The number of rotatable bonds is 5. The Hall–Kier alpha value is -0.585. The summed E-state index contributed by atoms with van der Waals surface area (Å²) in [5.41, 5.74) is 4.96. The van der Waals surface area contributed by atoms with Crippen molar-refractivity contribution in [2.24, 2.45) is 23.5 Å². The van der Waals surface area contributed by atoms with Gasteiger partial charge in [0, 0.05) is 0 Å². The van der Waals surface area contributed by atoms with Crippen molar-refractivity contribution in [1.29, 1.82) is 0 Å². The van der Waals surface area contributed by atoms with Crippen LogP contribution in [0.3, 0.4) is 0 Å². The number of nitrogens with two attached hydrogens (primary N) is 1. The van der Waals surface area contributed by atoms with Crippen molar-refractivity contribution in [2.45, 2.75) is 50.1 Å². The fraction of sp³-hybridized carbons (Fsp3) is 0.917. The van der Waals surface area contributed by atoms with Crippen LogP contribution in [0.2, 0.25) is 6.32 Å². The van der Waals surface area contributed by atoms with Crippen LogP contribution in [-0.2, 0) is 4.79 Å². The summed E-state index contributed by atoms with van der Waals surface area (Å²) in [4.78, 5) is 11.4. The molecule has 0 bridgehead atoms. The number of aliphatic carboxylic acids is 1. The Morgan fingerprint density at radius 1 is 1.44 bits per heavy atom. The molecular formula is C12H21BNO4. The van der Waals surface area contributed by atoms with Crippen LogP contribution in [0.5, 0.6) is 0 Å². The first kappa shape index (κ1) is 13.8. The van der Waals surface area contributed by atoms with Gasteiger partial charge in [-0.3, -0.25) is 4.79 Å². The molecule has 18 heavy (non-hydrogen) atoms. The zero-order valence-corrected chi connectivity index (χ0v) is 10.5. The van der Waals surface area contributed by atoms with Crippen molar-refractivity contribution in [3.8, 4) is 0 Å². The zero-order chi connectivity index (χ0) is 13.3. The monoisotopic (exact) mass is 254 g/mol. The minimum atomic E-state index is -1.15. The number of carboxylic acid groups (broad SMARTS) is 1. The summed E-state index contributed by atoms with van der Waals surface area (Å²) in [6.45, 7) is 0. The van der Waals surface area contributed by atoms with Crippen molar-refractivity contribution < 1.29 is 20.0 Å². The molecule has 0 saturated heterocycles. The SMILES string of the molecule is N[C@@]1(C(=O)O)C[C@H]2C[C@@H](O)C[C@H]2[C@@H]1CCC[B]O. The van der Waals surface area contributed by atoms with Gasteiger partial charge in [-0.2, -0.15) is 0 Å². The Morgan fingerprint density at radius 2 is 2.17 bits per heavy atom. The molecule has 5 atom stereocenters. The second-order valence-electron chi connectivity index (χ2n) is 5.82. The van der Waals surface area contributed by atoms with E-state index in [0.717, 1.165) is 13.9 Å². The molecule has 2 saturated carbocycles. The van der Waals surface area contributed by atoms with Gasteiger partial charge in [0.15, 0.2) is 0 Å². The average Bonchev–Trinajstić information content (AvgIpc) is 2.75. The molecule has 2 aliphatic carbocycles. The van der Waals surface area contributed by atoms with E-state index in [1.807, 2.05) is 0 Å². The van der Waals surface area contributed by atoms with E-state index in [-0.39, 0.29) is 23.9 Å². The Morgan fingerprint density at radius 3 is 2.78 bits per heavy atom. The summed E-state index contributed by atoms with van der Waals surface area (Å²) in [5, 5.41) is 27.8. The van der Waals surface area contributed by atoms with E-state index < -0.39 is 11.5 Å². The summed E-state index contributed by atoms with van der Waals surface area (Å²) >= 11 is 0. The predicted molar refractivity (Wildman–Crippen MR) is 66.9 cm³/mol. The van der Waals surface area contributed by atoms with Crippen molar-refractivity contribution in [3.63, 3.8) is 0 Å². The molecule has 0 unspecified atom stereocenters. The maximum atomic E-state index is 11.4. The fourth-order valence-corrected chi connectivity index (χ4v) is 3.97. The molecule has 2 fully saturated rings. The maximum Gasteiger partial charge on any atom is 0.323 e. The third kappa shape index (κ3) is 2.29. The van der Waals surface area contributed by atoms with Crippen LogP contribution in [0, 0.1) is 17.8 Å². The van der Waals surface area contributed by atoms with Crippen molar-refractivity contribution in [2.75, 3.05) is 0 Å². The van der Waals surface area contributed by atoms with Crippen LogP contribution in [0.4, 0.5) is 0 Å². The molecule has 6 heteroatoms. The summed E-state index contributed by atoms with van der Waals surface area (Å²) < 4.78 is 0. The molecule has 1 radical (unpaired) electrons. The lowest BCUT2D eigenvalue weighted by Gasteiger charge is -2.30. The molecular weight excluding hydrogens is 233 g/mol. The van der Waals surface area contributed by atoms with Gasteiger partial charge in [-0.05, 0) is 43.4 Å². The van der Waals surface area contributed by atoms with Crippen LogP contribution in [-0.4, -0.2) is 40.3 Å². The predicted octanol–water partition coefficient (Wildman–Crippen LogP) is -0.0145. The number of hydrogen-bond donors (Lipinski definition) is 4. The van der Waals surface area contributed by atoms with Gasteiger partial charge in [0.2, 0.25) is 0 Å². The first-order valence-electron chi connectivity index (χ1n) is 6.65. The quantitative estimate of drug-likeness (QED) is 0.408. The summed E-state index contributed by atoms with van der Waals surface area (Å²) in [7, 11) is 1.11. The first-order valence-corrected chi connectivity index (χ1v) is 6.65. The first-order chi connectivity index (χ1) is 8.49. The van der Waals surface area contributed by atoms with E-state index in [4.69, 9.17) is 10.8 Å². The van der Waals surface area contributed by atoms with Crippen molar-refractivity contribution in [3.05, 3.63) is 0 Å². The lowest BCUT2D eigenvalue weighted by atomic mass is 9.77. The topological polar surface area (TPSA) is 104 Å². The highest BCUT2D eigenvalue weighted by Crippen LogP contribution is 2.53. The summed E-state index contributed by atoms with van der Waals surface area (Å²) in [6, 6.07) is 0. The van der Waals surface area contributed by atoms with Crippen LogP contribution in [0.15, 0.2) is 0 Å². The zero-order valence-electron chi connectivity index (χ0n) is 10.5. The minimum Gasteiger partial charge on any atom is -0.480 e. The van der Waals surface area contributed by atoms with Gasteiger partial charge in [-0.25, -0.2) is 0 Å². The highest BCUT2D eigenvalue weighted by Gasteiger charge is 2.57. The van der Waals surface area contributed by atoms with Crippen LogP contribution in [0.1, 0.15) is 32.1 Å². The lowest BCUT2D eigenvalue weighted by Crippen LogP contribution is -2.52. The van der Waals surface area contributed by atoms with Gasteiger partial charge in [0.25, 0.3) is 7.48 Å². The number of carbonyl (C=O) groups is 1. The average molecular weight is 254 g/mol. The van der Waals surface area contributed by atoms with E-state index in [1.54, 1.807) is 0 Å². The Bertz CT molecular complexity index is 327. The van der Waals surface area contributed by atoms with Gasteiger partial charge in [0.05, 0.1) is 6.10 Å². The van der Waals surface area contributed by atoms with Gasteiger partial charge in [0.1, 0.15) is 5.54 Å². The smallest absolute Gasteiger partial charge is 0.323 e. The number of carboxylic acids is 1. The fourth-order valence-electron chi connectivity index (χ4n) is 3.97. The second-order valence-corrected chi connectivity index (χ2v) is 5.82. The minimum absolute atomic E-state index is 0.0860. The molecule has 0 amide bonds. The van der Waals surface area contributed by atoms with Crippen LogP contribution in [0.25, 0.3) is 0 Å². The molecule has 0 aliphatic heterocycles. The molecule has 5 N–H and O–H groups in total. The van der Waals surface area contributed by atoms with E-state index in [2.05, 4.69) is 0 Å². The van der Waals surface area contributed by atoms with Crippen molar-refractivity contribution >= 4 is 13.5 Å². The summed E-state index contributed by atoms with van der Waals surface area (Å²) in [6.07, 6.45) is 3.53. The molecule has 0 aromatic heterocycles. The lowest BCUT2D eigenvalue weighted by molar-refractivity contribution is -0.145. The highest BCUT2D eigenvalue weighted by molar-refractivity contribution is 6.25. The number of aliphatic hydroxyl groups excluding tert-OH is 1. The number of hydrogen-bond acceptors (Lipinski definition) is 4. The summed E-state index contributed by atoms with van der Waals surface area (Å²) in [5.74, 6) is -0.550. The third-order valence-corrected chi connectivity index (χ3v) is 4.75. The Kier molecular flexibility index (Phi) is 3.99. The normalized spacial score (nSPS) is 42.8. The molecule has 0 aromatic rings. The third-order valence-electron chi connectivity index (χ3n) is 4.75. The van der Waals surface area contributed by atoms with Gasteiger partial charge < -0.3 is 21.0 Å². The van der Waals surface area contributed by atoms with E-state index in [0.29, 0.717) is 32.0 Å². The molecule has 0 heterocycles. The number of aliphatic hydroxyl groups is 1. The van der Waals surface area contributed by atoms with E-state index >= 15 is 0 Å². The van der Waals surface area contributed by atoms with Crippen LogP contribution < -0.4 is 5.73 Å². The van der Waals surface area contributed by atoms with Gasteiger partial charge >= 0.3 is 5.97 Å². The standard InChI is InChI=1S/C12H21BNO4/c14-12(11(16)17)6-7-4-8(15)5-9(7)10(12)2-1-3-13-18/h7-10,15,18H,1-6,14H2,(H,16,17)/t7-,8-,9-,10+,12+/m1/s1.